The molecule has 0 saturated carbocycles. The molecule has 0 unspecified atom stereocenters. The average Bonchev–Trinajstić information content (AvgIpc) is 3.00. The summed E-state index contributed by atoms with van der Waals surface area (Å²) < 4.78 is 21.3. The zero-order chi connectivity index (χ0) is 20.7. The summed E-state index contributed by atoms with van der Waals surface area (Å²) in [5.74, 6) is -0.972. The number of benzene rings is 2. The van der Waals surface area contributed by atoms with Crippen LogP contribution < -0.4 is 0 Å². The Bertz CT molecular complexity index is 835. The normalized spacial score (nSPS) is 42.9. The molecule has 0 amide bonds. The average molecular weight is 393 g/mol. The van der Waals surface area contributed by atoms with E-state index < -0.39 is 22.8 Å². The molecule has 2 aromatic rings. The van der Waals surface area contributed by atoms with Gasteiger partial charge in [-0.25, -0.2) is 0 Å². The highest BCUT2D eigenvalue weighted by Gasteiger charge is 2.88. The van der Waals surface area contributed by atoms with Crippen LogP contribution >= 0.6 is 0 Å². The quantitative estimate of drug-likeness (QED) is 0.654. The van der Waals surface area contributed by atoms with Crippen LogP contribution in [0.2, 0.25) is 0 Å². The molecule has 0 spiro atoms. The van der Waals surface area contributed by atoms with E-state index in [1.807, 2.05) is 12.1 Å². The molecular formula is C26H32O3. The highest BCUT2D eigenvalue weighted by atomic mass is 16.9. The maximum atomic E-state index is 7.16. The Hall–Kier alpha value is -1.68. The van der Waals surface area contributed by atoms with Gasteiger partial charge in [0.25, 0.3) is 0 Å². The summed E-state index contributed by atoms with van der Waals surface area (Å²) in [7, 11) is 0. The van der Waals surface area contributed by atoms with Gasteiger partial charge in [0.05, 0.1) is 0 Å². The summed E-state index contributed by atoms with van der Waals surface area (Å²) in [6, 6.07) is 20.9. The number of rotatable bonds is 4. The first-order valence-electron chi connectivity index (χ1n) is 11.0. The molecule has 6 rings (SSSR count). The van der Waals surface area contributed by atoms with E-state index in [4.69, 9.17) is 14.2 Å². The van der Waals surface area contributed by atoms with Crippen LogP contribution in [0.25, 0.3) is 0 Å². The first-order valence-corrected chi connectivity index (χ1v) is 11.0. The summed E-state index contributed by atoms with van der Waals surface area (Å²) >= 11 is 0. The maximum Gasteiger partial charge on any atom is 0.204 e. The fraction of sp³-hybridized carbons (Fsp3) is 0.538. The van der Waals surface area contributed by atoms with Crippen molar-refractivity contribution in [2.24, 2.45) is 23.7 Å². The van der Waals surface area contributed by atoms with Crippen molar-refractivity contribution in [3.8, 4) is 0 Å². The minimum absolute atomic E-state index is 0.0570. The van der Waals surface area contributed by atoms with Crippen LogP contribution in [0.1, 0.15) is 52.7 Å². The lowest BCUT2D eigenvalue weighted by Gasteiger charge is -2.53. The third-order valence-electron chi connectivity index (χ3n) is 8.05. The molecular weight excluding hydrogens is 360 g/mol. The Kier molecular flexibility index (Phi) is 3.95. The first kappa shape index (κ1) is 19.3. The van der Waals surface area contributed by atoms with Crippen molar-refractivity contribution < 1.29 is 14.2 Å². The lowest BCUT2D eigenvalue weighted by molar-refractivity contribution is -0.450. The van der Waals surface area contributed by atoms with Crippen LogP contribution in [0.15, 0.2) is 60.7 Å². The van der Waals surface area contributed by atoms with Gasteiger partial charge in [-0.15, -0.1) is 0 Å². The van der Waals surface area contributed by atoms with Crippen LogP contribution in [-0.2, 0) is 25.8 Å². The van der Waals surface area contributed by atoms with Gasteiger partial charge in [-0.1, -0.05) is 102 Å². The van der Waals surface area contributed by atoms with Gasteiger partial charge in [0.1, 0.15) is 11.2 Å². The molecule has 0 radical (unpaired) electrons. The lowest BCUT2D eigenvalue weighted by Crippen LogP contribution is -2.59. The van der Waals surface area contributed by atoms with Gasteiger partial charge in [-0.05, 0) is 11.8 Å². The van der Waals surface area contributed by atoms with Crippen molar-refractivity contribution in [3.63, 3.8) is 0 Å². The fourth-order valence-corrected chi connectivity index (χ4v) is 6.91. The molecule has 4 bridgehead atoms. The monoisotopic (exact) mass is 392 g/mol. The minimum atomic E-state index is -0.823. The van der Waals surface area contributed by atoms with E-state index >= 15 is 0 Å². The molecule has 0 aliphatic carbocycles. The molecule has 6 atom stereocenters. The minimum Gasteiger partial charge on any atom is -0.335 e. The summed E-state index contributed by atoms with van der Waals surface area (Å²) in [6.45, 7) is 13.6. The van der Waals surface area contributed by atoms with E-state index in [0.29, 0.717) is 0 Å². The summed E-state index contributed by atoms with van der Waals surface area (Å²) in [6.07, 6.45) is 0. The van der Waals surface area contributed by atoms with E-state index in [0.717, 1.165) is 11.1 Å². The smallest absolute Gasteiger partial charge is 0.204 e. The Morgan fingerprint density at radius 2 is 0.931 bits per heavy atom. The highest BCUT2D eigenvalue weighted by molar-refractivity contribution is 5.38. The molecule has 4 fully saturated rings. The van der Waals surface area contributed by atoms with Crippen molar-refractivity contribution in [2.45, 2.75) is 64.3 Å². The largest absolute Gasteiger partial charge is 0.335 e. The molecule has 2 aromatic carbocycles. The van der Waals surface area contributed by atoms with E-state index in [2.05, 4.69) is 90.1 Å². The van der Waals surface area contributed by atoms with E-state index in [-0.39, 0.29) is 23.7 Å². The molecule has 154 valence electrons. The lowest BCUT2D eigenvalue weighted by atomic mass is 9.61. The fourth-order valence-electron chi connectivity index (χ4n) is 6.91. The maximum absolute atomic E-state index is 7.16. The standard InChI is InChI=1S/C26H32O3/c1-17(2)23-19(5)25(21-13-9-7-10-14-21)28-24(23,18(3)4)20(6)26(27-23,29-25)22-15-11-8-12-16-22/h7-20H,1-6H3/t19-,20+,23-,24-,25-,26-/m0/s1. The molecule has 3 nitrogen and oxygen atoms in total. The summed E-state index contributed by atoms with van der Waals surface area (Å²) in [4.78, 5) is 0. The van der Waals surface area contributed by atoms with E-state index in [9.17, 15) is 0 Å². The van der Waals surface area contributed by atoms with Gasteiger partial charge in [-0.2, -0.15) is 0 Å². The van der Waals surface area contributed by atoms with Gasteiger partial charge in [0.15, 0.2) is 0 Å². The predicted molar refractivity (Wildman–Crippen MR) is 113 cm³/mol. The highest BCUT2D eigenvalue weighted by Crippen LogP contribution is 2.77. The van der Waals surface area contributed by atoms with Crippen LogP contribution in [-0.4, -0.2) is 11.2 Å². The number of hydrogen-bond donors (Lipinski definition) is 0. The van der Waals surface area contributed by atoms with Crippen molar-refractivity contribution in [3.05, 3.63) is 71.8 Å². The van der Waals surface area contributed by atoms with Gasteiger partial charge in [0.2, 0.25) is 11.6 Å². The van der Waals surface area contributed by atoms with Crippen molar-refractivity contribution in [1.29, 1.82) is 0 Å². The van der Waals surface area contributed by atoms with E-state index in [1.165, 1.54) is 0 Å². The Morgan fingerprint density at radius 3 is 1.24 bits per heavy atom. The summed E-state index contributed by atoms with van der Waals surface area (Å²) in [5, 5.41) is 0. The second-order valence-electron chi connectivity index (χ2n) is 9.71. The molecule has 0 N–H and O–H groups in total. The zero-order valence-electron chi connectivity index (χ0n) is 18.3. The van der Waals surface area contributed by atoms with Gasteiger partial charge < -0.3 is 14.2 Å². The van der Waals surface area contributed by atoms with Crippen LogP contribution in [0.5, 0.6) is 0 Å². The van der Waals surface area contributed by atoms with Crippen molar-refractivity contribution in [2.75, 3.05) is 0 Å². The Labute approximate surface area is 174 Å². The van der Waals surface area contributed by atoms with Crippen molar-refractivity contribution in [1.82, 2.24) is 0 Å². The first-order chi connectivity index (χ1) is 13.8. The topological polar surface area (TPSA) is 27.7 Å². The SMILES string of the molecule is CC(C)[C@@]12O[C@]3(c4ccccc4)O[C@@](c4ccccc4)(O[C@@]1(C(C)C)[C@H]3C)[C@H]2C. The van der Waals surface area contributed by atoms with Gasteiger partial charge in [-0.3, -0.25) is 0 Å². The second kappa shape index (κ2) is 5.94. The zero-order valence-corrected chi connectivity index (χ0v) is 18.3. The Balaban J connectivity index is 1.84. The van der Waals surface area contributed by atoms with Gasteiger partial charge >= 0.3 is 0 Å². The molecule has 3 heteroatoms. The van der Waals surface area contributed by atoms with Crippen LogP contribution in [0.4, 0.5) is 0 Å². The Morgan fingerprint density at radius 1 is 0.586 bits per heavy atom. The second-order valence-corrected chi connectivity index (χ2v) is 9.71. The summed E-state index contributed by atoms with van der Waals surface area (Å²) in [5.41, 5.74) is 1.28. The molecule has 4 aliphatic heterocycles. The number of ether oxygens (including phenoxy) is 3. The molecule has 4 aliphatic rings. The van der Waals surface area contributed by atoms with Crippen LogP contribution in [0.3, 0.4) is 0 Å². The van der Waals surface area contributed by atoms with Gasteiger partial charge in [0, 0.05) is 23.0 Å². The van der Waals surface area contributed by atoms with E-state index in [1.54, 1.807) is 0 Å². The molecule has 4 heterocycles. The molecule has 0 aromatic heterocycles. The molecule has 29 heavy (non-hydrogen) atoms. The van der Waals surface area contributed by atoms with Crippen LogP contribution in [0, 0.1) is 23.7 Å². The van der Waals surface area contributed by atoms with Crippen molar-refractivity contribution >= 4 is 0 Å². The number of hydrogen-bond acceptors (Lipinski definition) is 3. The predicted octanol–water partition coefficient (Wildman–Crippen LogP) is 5.84. The molecule has 4 saturated heterocycles. The third kappa shape index (κ3) is 1.95. The third-order valence-corrected chi connectivity index (χ3v) is 8.05.